The third-order valence-electron chi connectivity index (χ3n) is 2.23. The van der Waals surface area contributed by atoms with Gasteiger partial charge < -0.3 is 5.32 Å². The molecule has 1 aromatic carbocycles. The van der Waals surface area contributed by atoms with Crippen molar-refractivity contribution in [3.05, 3.63) is 29.6 Å². The normalized spacial score (nSPS) is 11.7. The Balaban J connectivity index is 3.13. The summed E-state index contributed by atoms with van der Waals surface area (Å²) in [6, 6.07) is 3.78. The van der Waals surface area contributed by atoms with E-state index in [0.29, 0.717) is 25.1 Å². The lowest BCUT2D eigenvalue weighted by Gasteiger charge is -2.11. The third kappa shape index (κ3) is 3.76. The highest BCUT2D eigenvalue weighted by Crippen LogP contribution is 2.17. The van der Waals surface area contributed by atoms with Crippen LogP contribution in [0.2, 0.25) is 0 Å². The van der Waals surface area contributed by atoms with E-state index in [1.54, 1.807) is 7.05 Å². The number of sulfonamides is 1. The molecule has 0 bridgehead atoms. The van der Waals surface area contributed by atoms with E-state index in [1.807, 2.05) is 6.92 Å². The first-order chi connectivity index (χ1) is 8.01. The molecule has 17 heavy (non-hydrogen) atoms. The molecule has 0 spiro atoms. The number of rotatable bonds is 6. The first-order valence-electron chi connectivity index (χ1n) is 5.44. The predicted octanol–water partition coefficient (Wildman–Crippen LogP) is 1.23. The Morgan fingerprint density at radius 3 is 2.65 bits per heavy atom. The van der Waals surface area contributed by atoms with Crippen molar-refractivity contribution in [1.29, 1.82) is 0 Å². The van der Waals surface area contributed by atoms with E-state index >= 15 is 0 Å². The van der Waals surface area contributed by atoms with Crippen molar-refractivity contribution in [2.75, 3.05) is 13.6 Å². The highest BCUT2D eigenvalue weighted by atomic mass is 32.2. The van der Waals surface area contributed by atoms with E-state index < -0.39 is 15.8 Å². The SMILES string of the molecule is CCCNS(=O)(=O)c1cc(F)ccc1CNC. The minimum absolute atomic E-state index is 0.000278. The van der Waals surface area contributed by atoms with Crippen LogP contribution in [0.4, 0.5) is 4.39 Å². The van der Waals surface area contributed by atoms with Gasteiger partial charge in [-0.05, 0) is 31.2 Å². The van der Waals surface area contributed by atoms with E-state index in [1.165, 1.54) is 12.1 Å². The van der Waals surface area contributed by atoms with Crippen LogP contribution in [0.1, 0.15) is 18.9 Å². The number of nitrogens with one attached hydrogen (secondary N) is 2. The second kappa shape index (κ2) is 6.09. The van der Waals surface area contributed by atoms with E-state index in [9.17, 15) is 12.8 Å². The van der Waals surface area contributed by atoms with Crippen LogP contribution in [0.3, 0.4) is 0 Å². The summed E-state index contributed by atoms with van der Waals surface area (Å²) in [5, 5.41) is 2.86. The molecule has 6 heteroatoms. The summed E-state index contributed by atoms with van der Waals surface area (Å²) in [5.41, 5.74) is 0.553. The first-order valence-corrected chi connectivity index (χ1v) is 6.92. The molecule has 0 aliphatic carbocycles. The molecule has 0 amide bonds. The number of benzene rings is 1. The summed E-state index contributed by atoms with van der Waals surface area (Å²) in [5.74, 6) is -0.554. The summed E-state index contributed by atoms with van der Waals surface area (Å²) < 4.78 is 39.4. The molecule has 1 rings (SSSR count). The molecule has 0 heterocycles. The molecule has 2 N–H and O–H groups in total. The zero-order valence-corrected chi connectivity index (χ0v) is 10.8. The maximum absolute atomic E-state index is 13.1. The Morgan fingerprint density at radius 2 is 2.06 bits per heavy atom. The minimum Gasteiger partial charge on any atom is -0.316 e. The summed E-state index contributed by atoms with van der Waals surface area (Å²) in [6.45, 7) is 2.59. The number of halogens is 1. The molecular weight excluding hydrogens is 243 g/mol. The van der Waals surface area contributed by atoms with E-state index in [2.05, 4.69) is 10.0 Å². The van der Waals surface area contributed by atoms with Gasteiger partial charge in [-0.1, -0.05) is 13.0 Å². The molecule has 4 nitrogen and oxygen atoms in total. The molecule has 0 fully saturated rings. The quantitative estimate of drug-likeness (QED) is 0.809. The lowest BCUT2D eigenvalue weighted by atomic mass is 10.2. The van der Waals surface area contributed by atoms with Gasteiger partial charge in [-0.3, -0.25) is 0 Å². The molecule has 0 aliphatic rings. The third-order valence-corrected chi connectivity index (χ3v) is 3.77. The summed E-state index contributed by atoms with van der Waals surface area (Å²) in [7, 11) is -1.92. The van der Waals surface area contributed by atoms with Crippen molar-refractivity contribution in [3.8, 4) is 0 Å². The van der Waals surface area contributed by atoms with Crippen LogP contribution in [0.25, 0.3) is 0 Å². The lowest BCUT2D eigenvalue weighted by molar-refractivity contribution is 0.574. The van der Waals surface area contributed by atoms with Crippen LogP contribution in [0, 0.1) is 5.82 Å². The Hall–Kier alpha value is -0.980. The fraction of sp³-hybridized carbons (Fsp3) is 0.455. The minimum atomic E-state index is -3.63. The van der Waals surface area contributed by atoms with Crippen molar-refractivity contribution in [2.24, 2.45) is 0 Å². The van der Waals surface area contributed by atoms with E-state index in [-0.39, 0.29) is 4.90 Å². The van der Waals surface area contributed by atoms with Gasteiger partial charge >= 0.3 is 0 Å². The van der Waals surface area contributed by atoms with Crippen molar-refractivity contribution < 1.29 is 12.8 Å². The van der Waals surface area contributed by atoms with Crippen LogP contribution < -0.4 is 10.0 Å². The highest BCUT2D eigenvalue weighted by molar-refractivity contribution is 7.89. The van der Waals surface area contributed by atoms with Gasteiger partial charge in [-0.2, -0.15) is 0 Å². The van der Waals surface area contributed by atoms with Crippen molar-refractivity contribution in [1.82, 2.24) is 10.0 Å². The molecule has 0 aromatic heterocycles. The van der Waals surface area contributed by atoms with E-state index in [4.69, 9.17) is 0 Å². The summed E-state index contributed by atoms with van der Waals surface area (Å²) >= 11 is 0. The van der Waals surface area contributed by atoms with Crippen LogP contribution in [-0.2, 0) is 16.6 Å². The zero-order valence-electron chi connectivity index (χ0n) is 9.96. The second-order valence-electron chi connectivity index (χ2n) is 3.68. The highest BCUT2D eigenvalue weighted by Gasteiger charge is 2.18. The lowest BCUT2D eigenvalue weighted by Crippen LogP contribution is -2.26. The Kier molecular flexibility index (Phi) is 5.04. The number of hydrogen-bond donors (Lipinski definition) is 2. The second-order valence-corrected chi connectivity index (χ2v) is 5.42. The molecular formula is C11H17FN2O2S. The average Bonchev–Trinajstić information content (AvgIpc) is 2.29. The standard InChI is InChI=1S/C11H17FN2O2S/c1-3-6-14-17(15,16)11-7-10(12)5-4-9(11)8-13-2/h4-5,7,13-14H,3,6,8H2,1-2H3. The maximum atomic E-state index is 13.1. The maximum Gasteiger partial charge on any atom is 0.240 e. The van der Waals surface area contributed by atoms with Gasteiger partial charge in [0.05, 0.1) is 4.90 Å². The van der Waals surface area contributed by atoms with Gasteiger partial charge in [0.2, 0.25) is 10.0 Å². The van der Waals surface area contributed by atoms with Crippen molar-refractivity contribution >= 4 is 10.0 Å². The molecule has 96 valence electrons. The van der Waals surface area contributed by atoms with Crippen molar-refractivity contribution in [3.63, 3.8) is 0 Å². The predicted molar refractivity (Wildman–Crippen MR) is 64.6 cm³/mol. The zero-order chi connectivity index (χ0) is 12.9. The Bertz CT molecular complexity index is 474. The molecule has 0 unspecified atom stereocenters. The fourth-order valence-corrected chi connectivity index (χ4v) is 2.81. The Morgan fingerprint density at radius 1 is 1.35 bits per heavy atom. The molecule has 0 saturated carbocycles. The van der Waals surface area contributed by atoms with Gasteiger partial charge in [-0.15, -0.1) is 0 Å². The fourth-order valence-electron chi connectivity index (χ4n) is 1.43. The van der Waals surface area contributed by atoms with E-state index in [0.717, 1.165) is 6.07 Å². The Labute approximate surface area is 101 Å². The molecule has 0 saturated heterocycles. The van der Waals surface area contributed by atoms with Crippen molar-refractivity contribution in [2.45, 2.75) is 24.8 Å². The summed E-state index contributed by atoms with van der Waals surface area (Å²) in [4.78, 5) is 0.000278. The van der Waals surface area contributed by atoms with Crippen LogP contribution in [-0.4, -0.2) is 22.0 Å². The molecule has 1 aromatic rings. The average molecular weight is 260 g/mol. The molecule has 0 radical (unpaired) electrons. The monoisotopic (exact) mass is 260 g/mol. The number of hydrogen-bond acceptors (Lipinski definition) is 3. The van der Waals surface area contributed by atoms with Gasteiger partial charge in [0, 0.05) is 13.1 Å². The largest absolute Gasteiger partial charge is 0.316 e. The van der Waals surface area contributed by atoms with Gasteiger partial charge in [-0.25, -0.2) is 17.5 Å². The smallest absolute Gasteiger partial charge is 0.240 e. The van der Waals surface area contributed by atoms with Gasteiger partial charge in [0.15, 0.2) is 0 Å². The van der Waals surface area contributed by atoms with Crippen LogP contribution in [0.5, 0.6) is 0 Å². The molecule has 0 aliphatic heterocycles. The van der Waals surface area contributed by atoms with Crippen LogP contribution >= 0.6 is 0 Å². The van der Waals surface area contributed by atoms with Gasteiger partial charge in [0.25, 0.3) is 0 Å². The first kappa shape index (κ1) is 14.1. The van der Waals surface area contributed by atoms with Crippen LogP contribution in [0.15, 0.2) is 23.1 Å². The topological polar surface area (TPSA) is 58.2 Å². The molecule has 0 atom stereocenters. The summed E-state index contributed by atoms with van der Waals surface area (Å²) in [6.07, 6.45) is 0.690. The van der Waals surface area contributed by atoms with Gasteiger partial charge in [0.1, 0.15) is 5.82 Å².